The lowest BCUT2D eigenvalue weighted by Crippen LogP contribution is -2.45. The molecule has 1 aliphatic rings. The Morgan fingerprint density at radius 3 is 2.50 bits per heavy atom. The second-order valence-corrected chi connectivity index (χ2v) is 8.03. The zero-order valence-electron chi connectivity index (χ0n) is 18.1. The van der Waals surface area contributed by atoms with E-state index in [0.717, 1.165) is 65.9 Å². The third-order valence-electron chi connectivity index (χ3n) is 6.07. The summed E-state index contributed by atoms with van der Waals surface area (Å²) in [6.07, 6.45) is 0.809. The molecule has 0 aliphatic carbocycles. The van der Waals surface area contributed by atoms with Gasteiger partial charge in [-0.05, 0) is 43.7 Å². The van der Waals surface area contributed by atoms with Crippen LogP contribution in [0.4, 0.5) is 5.69 Å². The predicted molar refractivity (Wildman–Crippen MR) is 123 cm³/mol. The van der Waals surface area contributed by atoms with Gasteiger partial charge in [-0.15, -0.1) is 0 Å². The summed E-state index contributed by atoms with van der Waals surface area (Å²) in [5.74, 6) is -0.0334. The lowest BCUT2D eigenvalue weighted by atomic mass is 9.99. The van der Waals surface area contributed by atoms with Gasteiger partial charge in [0, 0.05) is 49.5 Å². The maximum atomic E-state index is 13.3. The monoisotopic (exact) mass is 402 g/mol. The highest BCUT2D eigenvalue weighted by molar-refractivity contribution is 6.07. The predicted octanol–water partition coefficient (Wildman–Crippen LogP) is 3.79. The Morgan fingerprint density at radius 2 is 1.73 bits per heavy atom. The van der Waals surface area contributed by atoms with Crippen LogP contribution in [0.5, 0.6) is 0 Å². The number of para-hydroxylation sites is 2. The van der Waals surface area contributed by atoms with Crippen molar-refractivity contribution in [2.45, 2.75) is 26.8 Å². The molecular weight excluding hydrogens is 372 g/mol. The molecule has 0 saturated carbocycles. The van der Waals surface area contributed by atoms with E-state index < -0.39 is 0 Å². The first kappa shape index (κ1) is 20.4. The van der Waals surface area contributed by atoms with Gasteiger partial charge in [-0.3, -0.25) is 9.78 Å². The number of nitrogens with one attached hydrogen (secondary N) is 1. The minimum Gasteiger partial charge on any atom is -0.369 e. The Morgan fingerprint density at radius 1 is 1.03 bits per heavy atom. The van der Waals surface area contributed by atoms with Gasteiger partial charge in [-0.1, -0.05) is 43.3 Å². The number of fused-ring (bicyclic) bond motifs is 1. The number of hydrogen-bond donors (Lipinski definition) is 1. The minimum atomic E-state index is -0.0334. The number of rotatable bonds is 5. The first-order valence-electron chi connectivity index (χ1n) is 10.8. The van der Waals surface area contributed by atoms with Crippen molar-refractivity contribution in [2.75, 3.05) is 38.1 Å². The number of anilines is 1. The summed E-state index contributed by atoms with van der Waals surface area (Å²) in [5, 5.41) is 4.10. The van der Waals surface area contributed by atoms with Crippen molar-refractivity contribution in [1.29, 1.82) is 0 Å². The molecule has 0 unspecified atom stereocenters. The fourth-order valence-corrected chi connectivity index (χ4v) is 4.27. The molecule has 5 nitrogen and oxygen atoms in total. The second kappa shape index (κ2) is 8.84. The molecule has 156 valence electrons. The molecule has 0 atom stereocenters. The molecule has 1 aliphatic heterocycles. The zero-order chi connectivity index (χ0) is 21.1. The molecule has 1 amide bonds. The Labute approximate surface area is 178 Å². The van der Waals surface area contributed by atoms with Gasteiger partial charge in [0.1, 0.15) is 0 Å². The Kier molecular flexibility index (Phi) is 6.00. The summed E-state index contributed by atoms with van der Waals surface area (Å²) < 4.78 is 0. The van der Waals surface area contributed by atoms with Crippen molar-refractivity contribution in [3.05, 3.63) is 70.9 Å². The molecule has 1 N–H and O–H groups in total. The SMILES string of the molecule is CCc1nc2ccccc2c(C(=O)NCc2ccccc2N2CCN(C)CC2)c1C. The van der Waals surface area contributed by atoms with Crippen LogP contribution < -0.4 is 10.2 Å². The fourth-order valence-electron chi connectivity index (χ4n) is 4.27. The summed E-state index contributed by atoms with van der Waals surface area (Å²) >= 11 is 0. The van der Waals surface area contributed by atoms with Crippen molar-refractivity contribution >= 4 is 22.5 Å². The Bertz CT molecular complexity index is 1050. The van der Waals surface area contributed by atoms with E-state index in [1.165, 1.54) is 5.69 Å². The van der Waals surface area contributed by atoms with E-state index in [1.54, 1.807) is 0 Å². The number of carbonyl (C=O) groups is 1. The number of hydrogen-bond acceptors (Lipinski definition) is 4. The molecule has 30 heavy (non-hydrogen) atoms. The van der Waals surface area contributed by atoms with Crippen molar-refractivity contribution in [3.8, 4) is 0 Å². The van der Waals surface area contributed by atoms with Gasteiger partial charge in [0.2, 0.25) is 0 Å². The van der Waals surface area contributed by atoms with Crippen molar-refractivity contribution in [1.82, 2.24) is 15.2 Å². The van der Waals surface area contributed by atoms with E-state index in [-0.39, 0.29) is 5.91 Å². The van der Waals surface area contributed by atoms with Crippen LogP contribution in [-0.2, 0) is 13.0 Å². The van der Waals surface area contributed by atoms with Crippen LogP contribution in [0.1, 0.15) is 34.1 Å². The van der Waals surface area contributed by atoms with Gasteiger partial charge in [0.25, 0.3) is 5.91 Å². The van der Waals surface area contributed by atoms with Crippen LogP contribution in [0.3, 0.4) is 0 Å². The first-order chi connectivity index (χ1) is 14.6. The summed E-state index contributed by atoms with van der Waals surface area (Å²) in [6.45, 7) is 8.73. The van der Waals surface area contributed by atoms with Crippen LogP contribution >= 0.6 is 0 Å². The molecule has 5 heteroatoms. The van der Waals surface area contributed by atoms with Gasteiger partial charge in [-0.25, -0.2) is 0 Å². The molecule has 2 aromatic carbocycles. The number of likely N-dealkylation sites (N-methyl/N-ethyl adjacent to an activating group) is 1. The summed E-state index contributed by atoms with van der Waals surface area (Å²) in [7, 11) is 2.16. The zero-order valence-corrected chi connectivity index (χ0v) is 18.1. The van der Waals surface area contributed by atoms with Crippen molar-refractivity contribution in [3.63, 3.8) is 0 Å². The number of amides is 1. The lowest BCUT2D eigenvalue weighted by molar-refractivity contribution is 0.0952. The highest BCUT2D eigenvalue weighted by atomic mass is 16.1. The summed E-state index contributed by atoms with van der Waals surface area (Å²) in [5.41, 5.74) is 5.95. The molecular formula is C25H30N4O. The molecule has 0 bridgehead atoms. The molecule has 1 fully saturated rings. The highest BCUT2D eigenvalue weighted by Gasteiger charge is 2.19. The van der Waals surface area contributed by atoms with Gasteiger partial charge in [-0.2, -0.15) is 0 Å². The van der Waals surface area contributed by atoms with Gasteiger partial charge < -0.3 is 15.1 Å². The molecule has 0 radical (unpaired) electrons. The van der Waals surface area contributed by atoms with Crippen LogP contribution in [0.15, 0.2) is 48.5 Å². The fraction of sp³-hybridized carbons (Fsp3) is 0.360. The van der Waals surface area contributed by atoms with Crippen molar-refractivity contribution in [2.24, 2.45) is 0 Å². The topological polar surface area (TPSA) is 48.5 Å². The van der Waals surface area contributed by atoms with E-state index in [0.29, 0.717) is 6.54 Å². The van der Waals surface area contributed by atoms with Crippen LogP contribution in [-0.4, -0.2) is 49.0 Å². The number of piperazine rings is 1. The van der Waals surface area contributed by atoms with Gasteiger partial charge >= 0.3 is 0 Å². The van der Waals surface area contributed by atoms with Crippen LogP contribution in [0.2, 0.25) is 0 Å². The van der Waals surface area contributed by atoms with Crippen molar-refractivity contribution < 1.29 is 4.79 Å². The van der Waals surface area contributed by atoms with E-state index in [4.69, 9.17) is 4.98 Å². The van der Waals surface area contributed by atoms with E-state index in [1.807, 2.05) is 37.3 Å². The quantitative estimate of drug-likeness (QED) is 0.705. The maximum absolute atomic E-state index is 13.3. The molecule has 3 aromatic rings. The molecule has 1 saturated heterocycles. The van der Waals surface area contributed by atoms with E-state index in [2.05, 4.69) is 47.3 Å². The molecule has 2 heterocycles. The van der Waals surface area contributed by atoms with Gasteiger partial charge in [0.05, 0.1) is 11.1 Å². The number of pyridine rings is 1. The summed E-state index contributed by atoms with van der Waals surface area (Å²) in [4.78, 5) is 22.8. The second-order valence-electron chi connectivity index (χ2n) is 8.03. The van der Waals surface area contributed by atoms with E-state index in [9.17, 15) is 4.79 Å². The smallest absolute Gasteiger partial charge is 0.252 e. The summed E-state index contributed by atoms with van der Waals surface area (Å²) in [6, 6.07) is 16.3. The normalized spacial score (nSPS) is 14.8. The molecule has 1 aromatic heterocycles. The molecule has 4 rings (SSSR count). The Balaban J connectivity index is 1.59. The van der Waals surface area contributed by atoms with Crippen LogP contribution in [0, 0.1) is 6.92 Å². The number of nitrogens with zero attached hydrogens (tertiary/aromatic N) is 3. The minimum absolute atomic E-state index is 0.0334. The van der Waals surface area contributed by atoms with E-state index >= 15 is 0 Å². The number of benzene rings is 2. The average molecular weight is 403 g/mol. The standard InChI is InChI=1S/C25H30N4O/c1-4-21-18(2)24(20-10-6-7-11-22(20)27-21)25(30)26-17-19-9-5-8-12-23(19)29-15-13-28(3)14-16-29/h5-12H,4,13-17H2,1-3H3,(H,26,30). The number of carbonyl (C=O) groups excluding carboxylic acids is 1. The molecule has 0 spiro atoms. The number of aryl methyl sites for hydroxylation is 1. The largest absolute Gasteiger partial charge is 0.369 e. The Hall–Kier alpha value is -2.92. The van der Waals surface area contributed by atoms with Crippen LogP contribution in [0.25, 0.3) is 10.9 Å². The maximum Gasteiger partial charge on any atom is 0.252 e. The average Bonchev–Trinajstić information content (AvgIpc) is 2.78. The number of aromatic nitrogens is 1. The van der Waals surface area contributed by atoms with Gasteiger partial charge in [0.15, 0.2) is 0 Å². The third-order valence-corrected chi connectivity index (χ3v) is 6.07. The first-order valence-corrected chi connectivity index (χ1v) is 10.8. The third kappa shape index (κ3) is 4.03. The highest BCUT2D eigenvalue weighted by Crippen LogP contribution is 2.25. The lowest BCUT2D eigenvalue weighted by Gasteiger charge is -2.35.